The van der Waals surface area contributed by atoms with Crippen molar-refractivity contribution in [3.05, 3.63) is 90.6 Å². The number of para-hydroxylation sites is 1. The van der Waals surface area contributed by atoms with Crippen LogP contribution in [0.4, 0.5) is 5.69 Å². The second-order valence-corrected chi connectivity index (χ2v) is 9.44. The van der Waals surface area contributed by atoms with Crippen LogP contribution >= 0.6 is 0 Å². The Morgan fingerprint density at radius 1 is 0.944 bits per heavy atom. The number of amides is 2. The summed E-state index contributed by atoms with van der Waals surface area (Å²) in [6.07, 6.45) is 0. The first-order valence-electron chi connectivity index (χ1n) is 11.1. The lowest BCUT2D eigenvalue weighted by Gasteiger charge is -2.08. The second kappa shape index (κ2) is 10.4. The van der Waals surface area contributed by atoms with Gasteiger partial charge >= 0.3 is 0 Å². The summed E-state index contributed by atoms with van der Waals surface area (Å²) in [6, 6.07) is 24.1. The molecule has 4 rings (SSSR count). The van der Waals surface area contributed by atoms with E-state index in [0.29, 0.717) is 18.0 Å². The van der Waals surface area contributed by atoms with Gasteiger partial charge < -0.3 is 10.1 Å². The van der Waals surface area contributed by atoms with Crippen LogP contribution < -0.4 is 14.8 Å². The van der Waals surface area contributed by atoms with E-state index in [9.17, 15) is 18.0 Å². The van der Waals surface area contributed by atoms with Crippen LogP contribution in [0.15, 0.2) is 89.8 Å². The van der Waals surface area contributed by atoms with E-state index < -0.39 is 21.8 Å². The molecule has 0 spiro atoms. The number of nitrogens with zero attached hydrogens (tertiary/aromatic N) is 2. The fourth-order valence-corrected chi connectivity index (χ4v) is 4.50. The quantitative estimate of drug-likeness (QED) is 0.374. The Bertz CT molecular complexity index is 1480. The van der Waals surface area contributed by atoms with Crippen LogP contribution in [0, 0.1) is 0 Å². The van der Waals surface area contributed by atoms with Gasteiger partial charge in [0, 0.05) is 18.2 Å². The molecule has 3 aromatic carbocycles. The van der Waals surface area contributed by atoms with Gasteiger partial charge in [-0.2, -0.15) is 5.10 Å². The highest BCUT2D eigenvalue weighted by molar-refractivity contribution is 7.90. The van der Waals surface area contributed by atoms with E-state index in [1.807, 2.05) is 66.2 Å². The predicted octanol–water partition coefficient (Wildman–Crippen LogP) is 4.02. The molecule has 0 saturated heterocycles. The highest BCUT2D eigenvalue weighted by Gasteiger charge is 2.19. The minimum atomic E-state index is -3.96. The van der Waals surface area contributed by atoms with Gasteiger partial charge in [-0.1, -0.05) is 18.2 Å². The van der Waals surface area contributed by atoms with Gasteiger partial charge in [-0.25, -0.2) is 17.8 Å². The lowest BCUT2D eigenvalue weighted by Crippen LogP contribution is -2.28. The third-order valence-electron chi connectivity index (χ3n) is 5.10. The van der Waals surface area contributed by atoms with Crippen LogP contribution in [-0.2, 0) is 14.8 Å². The molecule has 1 heterocycles. The number of rotatable bonds is 8. The molecule has 0 aliphatic carbocycles. The number of aromatic nitrogens is 2. The SMILES string of the molecule is CCOc1ccc(-c2cc(C(=O)Nc3ccc(S(=O)(=O)NC(C)=O)cc3)nn2-c2ccccc2)cc1. The molecule has 36 heavy (non-hydrogen) atoms. The predicted molar refractivity (Wildman–Crippen MR) is 136 cm³/mol. The van der Waals surface area contributed by atoms with Crippen molar-refractivity contribution in [3.63, 3.8) is 0 Å². The topological polar surface area (TPSA) is 119 Å². The zero-order chi connectivity index (χ0) is 25.7. The first-order valence-corrected chi connectivity index (χ1v) is 12.6. The van der Waals surface area contributed by atoms with Crippen molar-refractivity contribution in [2.24, 2.45) is 0 Å². The average molecular weight is 505 g/mol. The molecular formula is C26H24N4O5S. The second-order valence-electron chi connectivity index (χ2n) is 7.76. The number of carbonyl (C=O) groups excluding carboxylic acids is 2. The molecule has 0 bridgehead atoms. The average Bonchev–Trinajstić information content (AvgIpc) is 3.31. The van der Waals surface area contributed by atoms with Crippen molar-refractivity contribution in [3.8, 4) is 22.7 Å². The summed E-state index contributed by atoms with van der Waals surface area (Å²) in [7, 11) is -3.96. The number of hydrogen-bond acceptors (Lipinski definition) is 6. The van der Waals surface area contributed by atoms with E-state index in [4.69, 9.17) is 4.74 Å². The minimum Gasteiger partial charge on any atom is -0.494 e. The van der Waals surface area contributed by atoms with E-state index >= 15 is 0 Å². The highest BCUT2D eigenvalue weighted by Crippen LogP contribution is 2.27. The molecule has 2 N–H and O–H groups in total. The Hall–Kier alpha value is -4.44. The molecule has 0 aliphatic rings. The molecule has 2 amide bonds. The maximum absolute atomic E-state index is 13.0. The Balaban J connectivity index is 1.62. The van der Waals surface area contributed by atoms with Crippen molar-refractivity contribution < 1.29 is 22.7 Å². The van der Waals surface area contributed by atoms with Gasteiger partial charge in [0.25, 0.3) is 15.9 Å². The molecule has 0 saturated carbocycles. The standard InChI is InChI=1S/C26H24N4O5S/c1-3-35-22-13-9-19(10-14-22)25-17-24(28-30(25)21-7-5-4-6-8-21)26(32)27-20-11-15-23(16-12-20)36(33,34)29-18(2)31/h4-17H,3H2,1-2H3,(H,27,32)(H,29,31). The largest absolute Gasteiger partial charge is 0.494 e. The zero-order valence-electron chi connectivity index (χ0n) is 19.6. The molecule has 4 aromatic rings. The molecule has 0 atom stereocenters. The Labute approximate surface area is 208 Å². The number of hydrogen-bond donors (Lipinski definition) is 2. The molecule has 184 valence electrons. The van der Waals surface area contributed by atoms with Crippen molar-refractivity contribution in [1.29, 1.82) is 0 Å². The van der Waals surface area contributed by atoms with E-state index in [0.717, 1.165) is 23.9 Å². The van der Waals surface area contributed by atoms with Crippen molar-refractivity contribution in [1.82, 2.24) is 14.5 Å². The van der Waals surface area contributed by atoms with E-state index in [1.54, 1.807) is 10.7 Å². The first-order chi connectivity index (χ1) is 17.3. The third-order valence-corrected chi connectivity index (χ3v) is 6.55. The fourth-order valence-electron chi connectivity index (χ4n) is 3.51. The van der Waals surface area contributed by atoms with Crippen molar-refractivity contribution in [2.45, 2.75) is 18.7 Å². The molecule has 0 fully saturated rings. The maximum atomic E-state index is 13.0. The summed E-state index contributed by atoms with van der Waals surface area (Å²) in [5.41, 5.74) is 2.90. The number of ether oxygens (including phenoxy) is 1. The van der Waals surface area contributed by atoms with Gasteiger partial charge in [0.15, 0.2) is 5.69 Å². The summed E-state index contributed by atoms with van der Waals surface area (Å²) in [6.45, 7) is 3.59. The van der Waals surface area contributed by atoms with Crippen LogP contribution in [0.1, 0.15) is 24.3 Å². The van der Waals surface area contributed by atoms with Crippen molar-refractivity contribution >= 4 is 27.5 Å². The number of benzene rings is 3. The van der Waals surface area contributed by atoms with Gasteiger partial charge in [0.2, 0.25) is 5.91 Å². The maximum Gasteiger partial charge on any atom is 0.276 e. The monoisotopic (exact) mass is 504 g/mol. The van der Waals surface area contributed by atoms with Crippen LogP contribution in [-0.4, -0.2) is 36.6 Å². The summed E-state index contributed by atoms with van der Waals surface area (Å²) < 4.78 is 33.4. The molecular weight excluding hydrogens is 480 g/mol. The van der Waals surface area contributed by atoms with Crippen molar-refractivity contribution in [2.75, 3.05) is 11.9 Å². The molecule has 0 aliphatic heterocycles. The molecule has 0 unspecified atom stereocenters. The fraction of sp³-hybridized carbons (Fsp3) is 0.115. The zero-order valence-corrected chi connectivity index (χ0v) is 20.5. The Morgan fingerprint density at radius 2 is 1.61 bits per heavy atom. The van der Waals surface area contributed by atoms with Crippen LogP contribution in [0.3, 0.4) is 0 Å². The van der Waals surface area contributed by atoms with Gasteiger partial charge in [-0.15, -0.1) is 0 Å². The van der Waals surface area contributed by atoms with Gasteiger partial charge in [-0.3, -0.25) is 9.59 Å². The number of carbonyl (C=O) groups is 2. The van der Waals surface area contributed by atoms with Gasteiger partial charge in [-0.05, 0) is 73.7 Å². The van der Waals surface area contributed by atoms with E-state index in [2.05, 4.69) is 10.4 Å². The number of anilines is 1. The summed E-state index contributed by atoms with van der Waals surface area (Å²) in [4.78, 5) is 24.1. The van der Waals surface area contributed by atoms with E-state index in [-0.39, 0.29) is 10.6 Å². The third kappa shape index (κ3) is 5.61. The van der Waals surface area contributed by atoms with Gasteiger partial charge in [0.05, 0.1) is 22.9 Å². The minimum absolute atomic E-state index is 0.0955. The Kier molecular flexibility index (Phi) is 7.16. The summed E-state index contributed by atoms with van der Waals surface area (Å²) in [5.74, 6) is -0.409. The van der Waals surface area contributed by atoms with Gasteiger partial charge in [0.1, 0.15) is 5.75 Å². The van der Waals surface area contributed by atoms with Crippen LogP contribution in [0.5, 0.6) is 5.75 Å². The molecule has 9 nitrogen and oxygen atoms in total. The molecule has 10 heteroatoms. The normalized spacial score (nSPS) is 11.1. The summed E-state index contributed by atoms with van der Waals surface area (Å²) >= 11 is 0. The lowest BCUT2D eigenvalue weighted by molar-refractivity contribution is -0.117. The van der Waals surface area contributed by atoms with E-state index in [1.165, 1.54) is 24.3 Å². The first kappa shape index (κ1) is 24.7. The lowest BCUT2D eigenvalue weighted by atomic mass is 10.1. The van der Waals surface area contributed by atoms with Crippen LogP contribution in [0.25, 0.3) is 16.9 Å². The summed E-state index contributed by atoms with van der Waals surface area (Å²) in [5, 5.41) is 7.26. The smallest absolute Gasteiger partial charge is 0.276 e. The highest BCUT2D eigenvalue weighted by atomic mass is 32.2. The van der Waals surface area contributed by atoms with Crippen LogP contribution in [0.2, 0.25) is 0 Å². The number of nitrogens with one attached hydrogen (secondary N) is 2. The molecule has 0 radical (unpaired) electrons. The number of sulfonamides is 1. The molecule has 1 aromatic heterocycles. The Morgan fingerprint density at radius 3 is 2.22 bits per heavy atom.